The Labute approximate surface area is 119 Å². The van der Waals surface area contributed by atoms with Crippen molar-refractivity contribution < 1.29 is 14.7 Å². The molecule has 108 valence electrons. The van der Waals surface area contributed by atoms with Crippen LogP contribution in [0.5, 0.6) is 0 Å². The molecule has 1 aromatic carbocycles. The molecule has 0 bridgehead atoms. The minimum absolute atomic E-state index is 0.158. The number of carbonyl (C=O) groups is 2. The summed E-state index contributed by atoms with van der Waals surface area (Å²) in [4.78, 5) is 22.9. The molecule has 1 unspecified atom stereocenters. The average Bonchev–Trinajstić information content (AvgIpc) is 3.23. The Morgan fingerprint density at radius 2 is 1.95 bits per heavy atom. The lowest BCUT2D eigenvalue weighted by molar-refractivity contribution is -0.142. The van der Waals surface area contributed by atoms with Gasteiger partial charge >= 0.3 is 5.97 Å². The van der Waals surface area contributed by atoms with Crippen LogP contribution in [0.15, 0.2) is 30.3 Å². The molecule has 1 aromatic rings. The standard InChI is InChI=1S/C16H21NO3/c18-15(8-4-7-12-5-2-1-3-6-12)17-14(16(19)20)11-13-9-10-13/h1-3,5-6,13-14H,4,7-11H2,(H,17,18)(H,19,20). The largest absolute Gasteiger partial charge is 0.480 e. The molecular formula is C16H21NO3. The molecular weight excluding hydrogens is 254 g/mol. The van der Waals surface area contributed by atoms with Crippen LogP contribution in [-0.4, -0.2) is 23.0 Å². The van der Waals surface area contributed by atoms with Gasteiger partial charge in [0.05, 0.1) is 0 Å². The molecule has 0 aliphatic heterocycles. The van der Waals surface area contributed by atoms with E-state index in [1.807, 2.05) is 30.3 Å². The van der Waals surface area contributed by atoms with Gasteiger partial charge in [-0.1, -0.05) is 43.2 Å². The van der Waals surface area contributed by atoms with Gasteiger partial charge in [-0.3, -0.25) is 4.79 Å². The summed E-state index contributed by atoms with van der Waals surface area (Å²) in [5.74, 6) is -0.594. The third kappa shape index (κ3) is 5.03. The normalized spacial score (nSPS) is 15.6. The minimum Gasteiger partial charge on any atom is -0.480 e. The summed E-state index contributed by atoms with van der Waals surface area (Å²) in [5.41, 5.74) is 1.20. The van der Waals surface area contributed by atoms with Crippen LogP contribution in [0.4, 0.5) is 0 Å². The molecule has 2 N–H and O–H groups in total. The van der Waals surface area contributed by atoms with E-state index in [0.717, 1.165) is 25.7 Å². The molecule has 1 amide bonds. The molecule has 0 aromatic heterocycles. The molecule has 1 aliphatic rings. The quantitative estimate of drug-likeness (QED) is 0.765. The maximum Gasteiger partial charge on any atom is 0.326 e. The Kier molecular flexibility index (Phi) is 5.16. The van der Waals surface area contributed by atoms with Crippen LogP contribution in [0.25, 0.3) is 0 Å². The highest BCUT2D eigenvalue weighted by atomic mass is 16.4. The third-order valence-corrected chi connectivity index (χ3v) is 3.61. The van der Waals surface area contributed by atoms with Gasteiger partial charge in [0.25, 0.3) is 0 Å². The monoisotopic (exact) mass is 275 g/mol. The van der Waals surface area contributed by atoms with Crippen LogP contribution in [0, 0.1) is 5.92 Å². The number of aliphatic carboxylic acids is 1. The van der Waals surface area contributed by atoms with Gasteiger partial charge < -0.3 is 10.4 Å². The third-order valence-electron chi connectivity index (χ3n) is 3.61. The number of hydrogen-bond acceptors (Lipinski definition) is 2. The molecule has 4 heteroatoms. The first-order valence-corrected chi connectivity index (χ1v) is 7.21. The van der Waals surface area contributed by atoms with Crippen LogP contribution in [-0.2, 0) is 16.0 Å². The lowest BCUT2D eigenvalue weighted by Gasteiger charge is -2.14. The van der Waals surface area contributed by atoms with Gasteiger partial charge in [-0.25, -0.2) is 4.79 Å². The van der Waals surface area contributed by atoms with Crippen LogP contribution in [0.3, 0.4) is 0 Å². The Morgan fingerprint density at radius 1 is 1.25 bits per heavy atom. The lowest BCUT2D eigenvalue weighted by Crippen LogP contribution is -2.41. The van der Waals surface area contributed by atoms with Crippen molar-refractivity contribution in [1.82, 2.24) is 5.32 Å². The van der Waals surface area contributed by atoms with Crippen molar-refractivity contribution in [3.8, 4) is 0 Å². The summed E-state index contributed by atoms with van der Waals surface area (Å²) in [7, 11) is 0. The fourth-order valence-corrected chi connectivity index (χ4v) is 2.27. The molecule has 1 aliphatic carbocycles. The van der Waals surface area contributed by atoms with E-state index >= 15 is 0 Å². The Hall–Kier alpha value is -1.84. The molecule has 0 spiro atoms. The van der Waals surface area contributed by atoms with Crippen LogP contribution < -0.4 is 5.32 Å². The summed E-state index contributed by atoms with van der Waals surface area (Å²) in [6.45, 7) is 0. The van der Waals surface area contributed by atoms with Gasteiger partial charge in [-0.15, -0.1) is 0 Å². The van der Waals surface area contributed by atoms with Gasteiger partial charge in [0, 0.05) is 6.42 Å². The molecule has 1 fully saturated rings. The van der Waals surface area contributed by atoms with Crippen molar-refractivity contribution in [1.29, 1.82) is 0 Å². The second-order valence-electron chi connectivity index (χ2n) is 5.48. The van der Waals surface area contributed by atoms with Crippen molar-refractivity contribution in [2.24, 2.45) is 5.92 Å². The van der Waals surface area contributed by atoms with Gasteiger partial charge in [0.2, 0.25) is 5.91 Å². The van der Waals surface area contributed by atoms with Crippen LogP contribution in [0.2, 0.25) is 0 Å². The summed E-state index contributed by atoms with van der Waals surface area (Å²) < 4.78 is 0. The zero-order chi connectivity index (χ0) is 14.4. The van der Waals surface area contributed by atoms with Crippen molar-refractivity contribution in [3.63, 3.8) is 0 Å². The minimum atomic E-state index is -0.923. The van der Waals surface area contributed by atoms with Crippen LogP contribution >= 0.6 is 0 Å². The maximum atomic E-state index is 11.8. The van der Waals surface area contributed by atoms with E-state index in [9.17, 15) is 9.59 Å². The van der Waals surface area contributed by atoms with Crippen molar-refractivity contribution in [2.75, 3.05) is 0 Å². The number of benzene rings is 1. The summed E-state index contributed by atoms with van der Waals surface area (Å²) >= 11 is 0. The number of hydrogen-bond donors (Lipinski definition) is 2. The second kappa shape index (κ2) is 7.08. The van der Waals surface area contributed by atoms with Crippen molar-refractivity contribution >= 4 is 11.9 Å². The molecule has 1 saturated carbocycles. The smallest absolute Gasteiger partial charge is 0.326 e. The molecule has 0 saturated heterocycles. The van der Waals surface area contributed by atoms with Gasteiger partial charge in [-0.2, -0.15) is 0 Å². The summed E-state index contributed by atoms with van der Waals surface area (Å²) in [6, 6.07) is 9.27. The second-order valence-corrected chi connectivity index (χ2v) is 5.48. The highest BCUT2D eigenvalue weighted by Crippen LogP contribution is 2.33. The molecule has 0 heterocycles. The predicted molar refractivity (Wildman–Crippen MR) is 76.3 cm³/mol. The topological polar surface area (TPSA) is 66.4 Å². The number of carboxylic acid groups (broad SMARTS) is 1. The van der Waals surface area contributed by atoms with E-state index in [1.165, 1.54) is 5.56 Å². The Morgan fingerprint density at radius 3 is 2.55 bits per heavy atom. The molecule has 0 radical (unpaired) electrons. The molecule has 2 rings (SSSR count). The fraction of sp³-hybridized carbons (Fsp3) is 0.500. The number of aryl methyl sites for hydroxylation is 1. The first-order chi connectivity index (χ1) is 9.65. The summed E-state index contributed by atoms with van der Waals surface area (Å²) in [6.07, 6.45) is 4.71. The SMILES string of the molecule is O=C(CCCc1ccccc1)NC(CC1CC1)C(=O)O. The Balaban J connectivity index is 1.69. The van der Waals surface area contributed by atoms with E-state index < -0.39 is 12.0 Å². The number of carbonyl (C=O) groups excluding carboxylic acids is 1. The first-order valence-electron chi connectivity index (χ1n) is 7.21. The van der Waals surface area contributed by atoms with Gasteiger partial charge in [0.15, 0.2) is 0 Å². The van der Waals surface area contributed by atoms with Crippen LogP contribution in [0.1, 0.15) is 37.7 Å². The zero-order valence-corrected chi connectivity index (χ0v) is 11.5. The molecule has 1 atom stereocenters. The van der Waals surface area contributed by atoms with Gasteiger partial charge in [0.1, 0.15) is 6.04 Å². The number of carboxylic acids is 1. The van der Waals surface area contributed by atoms with E-state index in [4.69, 9.17) is 5.11 Å². The van der Waals surface area contributed by atoms with Crippen molar-refractivity contribution in [2.45, 2.75) is 44.6 Å². The number of rotatable bonds is 8. The fourth-order valence-electron chi connectivity index (χ4n) is 2.27. The Bertz CT molecular complexity index is 454. The first kappa shape index (κ1) is 14.6. The van der Waals surface area contributed by atoms with E-state index in [1.54, 1.807) is 0 Å². The maximum absolute atomic E-state index is 11.8. The highest BCUT2D eigenvalue weighted by molar-refractivity contribution is 5.83. The highest BCUT2D eigenvalue weighted by Gasteiger charge is 2.29. The zero-order valence-electron chi connectivity index (χ0n) is 11.5. The van der Waals surface area contributed by atoms with E-state index in [0.29, 0.717) is 18.8 Å². The lowest BCUT2D eigenvalue weighted by atomic mass is 10.1. The molecule has 4 nitrogen and oxygen atoms in total. The van der Waals surface area contributed by atoms with Gasteiger partial charge in [-0.05, 0) is 30.7 Å². The number of amides is 1. The average molecular weight is 275 g/mol. The van der Waals surface area contributed by atoms with Crippen molar-refractivity contribution in [3.05, 3.63) is 35.9 Å². The molecule has 20 heavy (non-hydrogen) atoms. The number of nitrogens with one attached hydrogen (secondary N) is 1. The van der Waals surface area contributed by atoms with E-state index in [-0.39, 0.29) is 5.91 Å². The summed E-state index contributed by atoms with van der Waals surface area (Å²) in [5, 5.41) is 11.7. The predicted octanol–water partition coefficient (Wildman–Crippen LogP) is 2.38. The van der Waals surface area contributed by atoms with E-state index in [2.05, 4.69) is 5.32 Å².